The van der Waals surface area contributed by atoms with Crippen LogP contribution in [0.4, 0.5) is 5.69 Å². The second-order valence-electron chi connectivity index (χ2n) is 3.24. The Morgan fingerprint density at radius 3 is 2.87 bits per heavy atom. The van der Waals surface area contributed by atoms with Gasteiger partial charge in [0.05, 0.1) is 0 Å². The molecule has 0 aliphatic carbocycles. The zero-order valence-corrected chi connectivity index (χ0v) is 11.3. The number of carbonyl (C=O) groups excluding carboxylic acids is 1. The molecular weight excluding hydrogens is 274 g/mol. The average Bonchev–Trinajstić information content (AvgIpc) is 2.25. The van der Waals surface area contributed by atoms with Crippen molar-refractivity contribution in [2.75, 3.05) is 30.5 Å². The number of hydrogen-bond donors (Lipinski definition) is 0. The zero-order chi connectivity index (χ0) is 11.3. The van der Waals surface area contributed by atoms with Crippen LogP contribution in [0.15, 0.2) is 22.7 Å². The van der Waals surface area contributed by atoms with Crippen molar-refractivity contribution >= 4 is 39.7 Å². The summed E-state index contributed by atoms with van der Waals surface area (Å²) in [5.74, 6) is 1.06. The fourth-order valence-corrected chi connectivity index (χ4v) is 2.10. The van der Waals surface area contributed by atoms with E-state index in [9.17, 15) is 4.79 Å². The second kappa shape index (κ2) is 6.18. The van der Waals surface area contributed by atoms with Crippen molar-refractivity contribution in [2.45, 2.75) is 0 Å². The Balaban J connectivity index is 2.89. The van der Waals surface area contributed by atoms with Crippen molar-refractivity contribution in [2.24, 2.45) is 0 Å². The lowest BCUT2D eigenvalue weighted by atomic mass is 10.2. The van der Waals surface area contributed by atoms with Crippen LogP contribution in [0.3, 0.4) is 0 Å². The van der Waals surface area contributed by atoms with Crippen LogP contribution in [0.1, 0.15) is 10.4 Å². The van der Waals surface area contributed by atoms with Crippen LogP contribution < -0.4 is 4.90 Å². The highest BCUT2D eigenvalue weighted by Crippen LogP contribution is 2.23. The molecule has 0 aliphatic heterocycles. The number of carbonyl (C=O) groups is 1. The van der Waals surface area contributed by atoms with E-state index in [4.69, 9.17) is 0 Å². The van der Waals surface area contributed by atoms with Gasteiger partial charge in [-0.2, -0.15) is 11.8 Å². The van der Waals surface area contributed by atoms with Gasteiger partial charge in [0.25, 0.3) is 0 Å². The SMILES string of the molecule is CSCCN(C)c1cc(Br)ccc1C=O. The van der Waals surface area contributed by atoms with Crippen molar-refractivity contribution in [1.29, 1.82) is 0 Å². The van der Waals surface area contributed by atoms with Crippen molar-refractivity contribution in [1.82, 2.24) is 0 Å². The molecule has 15 heavy (non-hydrogen) atoms. The summed E-state index contributed by atoms with van der Waals surface area (Å²) < 4.78 is 0.999. The van der Waals surface area contributed by atoms with E-state index in [1.54, 1.807) is 11.8 Å². The molecule has 0 saturated carbocycles. The summed E-state index contributed by atoms with van der Waals surface area (Å²) in [6.45, 7) is 0.943. The third kappa shape index (κ3) is 3.54. The van der Waals surface area contributed by atoms with Crippen LogP contribution in [0.25, 0.3) is 0 Å². The molecule has 0 bridgehead atoms. The van der Waals surface area contributed by atoms with Gasteiger partial charge >= 0.3 is 0 Å². The number of rotatable bonds is 5. The van der Waals surface area contributed by atoms with Gasteiger partial charge in [0.15, 0.2) is 6.29 Å². The van der Waals surface area contributed by atoms with E-state index in [1.807, 2.05) is 25.2 Å². The van der Waals surface area contributed by atoms with Crippen molar-refractivity contribution in [3.63, 3.8) is 0 Å². The topological polar surface area (TPSA) is 20.3 Å². The van der Waals surface area contributed by atoms with Crippen LogP contribution in [-0.4, -0.2) is 31.9 Å². The smallest absolute Gasteiger partial charge is 0.152 e. The number of halogens is 1. The molecular formula is C11H14BrNOS. The summed E-state index contributed by atoms with van der Waals surface area (Å²) in [4.78, 5) is 13.0. The van der Waals surface area contributed by atoms with Gasteiger partial charge < -0.3 is 4.90 Å². The van der Waals surface area contributed by atoms with Crippen LogP contribution in [-0.2, 0) is 0 Å². The number of benzene rings is 1. The van der Waals surface area contributed by atoms with Gasteiger partial charge in [0.2, 0.25) is 0 Å². The number of hydrogen-bond acceptors (Lipinski definition) is 3. The molecule has 0 heterocycles. The van der Waals surface area contributed by atoms with E-state index in [2.05, 4.69) is 27.1 Å². The lowest BCUT2D eigenvalue weighted by Gasteiger charge is -2.20. The van der Waals surface area contributed by atoms with E-state index in [0.717, 1.165) is 34.3 Å². The molecule has 1 rings (SSSR count). The summed E-state index contributed by atoms with van der Waals surface area (Å²) in [5, 5.41) is 0. The fraction of sp³-hybridized carbons (Fsp3) is 0.364. The van der Waals surface area contributed by atoms with Crippen molar-refractivity contribution in [3.8, 4) is 0 Å². The van der Waals surface area contributed by atoms with E-state index >= 15 is 0 Å². The normalized spacial score (nSPS) is 10.1. The van der Waals surface area contributed by atoms with Gasteiger partial charge in [-0.25, -0.2) is 0 Å². The number of thioether (sulfide) groups is 1. The summed E-state index contributed by atoms with van der Waals surface area (Å²) in [6, 6.07) is 5.70. The fourth-order valence-electron chi connectivity index (χ4n) is 1.30. The molecule has 1 aromatic rings. The van der Waals surface area contributed by atoms with E-state index < -0.39 is 0 Å². The highest BCUT2D eigenvalue weighted by Gasteiger charge is 2.06. The zero-order valence-electron chi connectivity index (χ0n) is 8.87. The molecule has 0 fully saturated rings. The molecule has 0 unspecified atom stereocenters. The van der Waals surface area contributed by atoms with Crippen LogP contribution in [0.2, 0.25) is 0 Å². The van der Waals surface area contributed by atoms with E-state index in [-0.39, 0.29) is 0 Å². The highest BCUT2D eigenvalue weighted by atomic mass is 79.9. The van der Waals surface area contributed by atoms with Crippen LogP contribution in [0, 0.1) is 0 Å². The maximum Gasteiger partial charge on any atom is 0.152 e. The Kier molecular flexibility index (Phi) is 5.19. The molecule has 0 saturated heterocycles. The first-order valence-corrected chi connectivity index (χ1v) is 6.82. The standard InChI is InChI=1S/C11H14BrNOS/c1-13(5-6-15-2)11-7-10(12)4-3-9(11)8-14/h3-4,7-8H,5-6H2,1-2H3. The first kappa shape index (κ1) is 12.6. The molecule has 0 N–H and O–H groups in total. The van der Waals surface area contributed by atoms with Crippen LogP contribution >= 0.6 is 27.7 Å². The van der Waals surface area contributed by atoms with Crippen molar-refractivity contribution in [3.05, 3.63) is 28.2 Å². The first-order chi connectivity index (χ1) is 7.19. The van der Waals surface area contributed by atoms with Gasteiger partial charge in [-0.05, 0) is 24.5 Å². The number of nitrogens with zero attached hydrogens (tertiary/aromatic N) is 1. The van der Waals surface area contributed by atoms with E-state index in [0.29, 0.717) is 0 Å². The maximum absolute atomic E-state index is 10.9. The lowest BCUT2D eigenvalue weighted by Crippen LogP contribution is -2.21. The molecule has 0 amide bonds. The summed E-state index contributed by atoms with van der Waals surface area (Å²) in [7, 11) is 2.00. The maximum atomic E-state index is 10.9. The molecule has 0 aliphatic rings. The lowest BCUT2D eigenvalue weighted by molar-refractivity contribution is 0.112. The molecule has 0 spiro atoms. The Morgan fingerprint density at radius 2 is 2.27 bits per heavy atom. The number of anilines is 1. The average molecular weight is 288 g/mol. The predicted octanol–water partition coefficient (Wildman–Crippen LogP) is 3.06. The summed E-state index contributed by atoms with van der Waals surface area (Å²) in [6.07, 6.45) is 2.98. The Labute approximate surface area is 103 Å². The molecule has 0 atom stereocenters. The van der Waals surface area contributed by atoms with E-state index in [1.165, 1.54) is 0 Å². The minimum Gasteiger partial charge on any atom is -0.373 e. The summed E-state index contributed by atoms with van der Waals surface area (Å²) in [5.41, 5.74) is 1.72. The van der Waals surface area contributed by atoms with Crippen molar-refractivity contribution < 1.29 is 4.79 Å². The molecule has 0 radical (unpaired) electrons. The molecule has 4 heteroatoms. The quantitative estimate of drug-likeness (QED) is 0.777. The predicted molar refractivity (Wildman–Crippen MR) is 71.2 cm³/mol. The second-order valence-corrected chi connectivity index (χ2v) is 5.14. The Morgan fingerprint density at radius 1 is 1.53 bits per heavy atom. The molecule has 2 nitrogen and oxygen atoms in total. The minimum atomic E-state index is 0.738. The monoisotopic (exact) mass is 287 g/mol. The molecule has 1 aromatic carbocycles. The highest BCUT2D eigenvalue weighted by molar-refractivity contribution is 9.10. The van der Waals surface area contributed by atoms with Crippen LogP contribution in [0.5, 0.6) is 0 Å². The number of aldehydes is 1. The third-order valence-electron chi connectivity index (χ3n) is 2.16. The Bertz CT molecular complexity index is 343. The van der Waals surface area contributed by atoms with Gasteiger partial charge in [-0.3, -0.25) is 4.79 Å². The summed E-state index contributed by atoms with van der Waals surface area (Å²) >= 11 is 5.21. The van der Waals surface area contributed by atoms with Gasteiger partial charge in [-0.15, -0.1) is 0 Å². The largest absolute Gasteiger partial charge is 0.373 e. The third-order valence-corrected chi connectivity index (χ3v) is 3.25. The molecule has 0 aromatic heterocycles. The molecule has 82 valence electrons. The van der Waals surface area contributed by atoms with Gasteiger partial charge in [0, 0.05) is 35.1 Å². The Hall–Kier alpha value is -0.480. The van der Waals surface area contributed by atoms with Gasteiger partial charge in [0.1, 0.15) is 0 Å². The first-order valence-electron chi connectivity index (χ1n) is 4.64. The minimum absolute atomic E-state index is 0.738. The van der Waals surface area contributed by atoms with Gasteiger partial charge in [-0.1, -0.05) is 15.9 Å².